The average molecular weight is 300 g/mol. The lowest BCUT2D eigenvalue weighted by Crippen LogP contribution is -2.36. The molecule has 2 N–H and O–H groups in total. The number of hydrogen-bond acceptors (Lipinski definition) is 3. The number of nitrogens with one attached hydrogen (secondary N) is 1. The highest BCUT2D eigenvalue weighted by molar-refractivity contribution is 5.79. The molecule has 116 valence electrons. The molecule has 3 rings (SSSR count). The molecule has 1 aliphatic heterocycles. The maximum Gasteiger partial charge on any atom is 0.306 e. The Bertz CT molecular complexity index is 758. The fraction of sp³-hybridized carbons (Fsp3) is 0.412. The third-order valence-electron chi connectivity index (χ3n) is 4.37. The van der Waals surface area contributed by atoms with Crippen molar-refractivity contribution in [2.75, 3.05) is 13.1 Å². The van der Waals surface area contributed by atoms with Crippen molar-refractivity contribution >= 4 is 16.9 Å². The van der Waals surface area contributed by atoms with Gasteiger partial charge in [0.25, 0.3) is 0 Å². The molecule has 0 radical (unpaired) electrons. The van der Waals surface area contributed by atoms with Gasteiger partial charge in [0.2, 0.25) is 0 Å². The van der Waals surface area contributed by atoms with Crippen LogP contribution in [0.3, 0.4) is 0 Å². The molecular formula is C17H20N2O3. The van der Waals surface area contributed by atoms with Crippen molar-refractivity contribution in [1.29, 1.82) is 0 Å². The first-order valence-electron chi connectivity index (χ1n) is 7.60. The third kappa shape index (κ3) is 3.04. The summed E-state index contributed by atoms with van der Waals surface area (Å²) in [5.74, 6) is -0.927. The number of pyridine rings is 1. The second-order valence-corrected chi connectivity index (χ2v) is 6.10. The minimum atomic E-state index is -0.700. The number of rotatable bonds is 3. The summed E-state index contributed by atoms with van der Waals surface area (Å²) in [5, 5.41) is 9.74. The second kappa shape index (κ2) is 5.93. The number of aromatic nitrogens is 1. The van der Waals surface area contributed by atoms with Crippen molar-refractivity contribution in [3.05, 3.63) is 45.7 Å². The van der Waals surface area contributed by atoms with E-state index in [1.165, 1.54) is 0 Å². The van der Waals surface area contributed by atoms with Crippen LogP contribution in [-0.4, -0.2) is 34.0 Å². The van der Waals surface area contributed by atoms with Gasteiger partial charge in [-0.05, 0) is 45.0 Å². The molecule has 1 fully saturated rings. The van der Waals surface area contributed by atoms with Crippen LogP contribution < -0.4 is 5.43 Å². The molecular weight excluding hydrogens is 280 g/mol. The molecule has 1 saturated heterocycles. The van der Waals surface area contributed by atoms with Crippen LogP contribution in [0.4, 0.5) is 0 Å². The number of aryl methyl sites for hydroxylation is 1. The molecule has 5 heteroatoms. The number of nitrogens with zero attached hydrogens (tertiary/aromatic N) is 1. The molecule has 0 saturated carbocycles. The van der Waals surface area contributed by atoms with Crippen molar-refractivity contribution < 1.29 is 9.90 Å². The minimum absolute atomic E-state index is 0.0351. The molecule has 1 aliphatic rings. The Morgan fingerprint density at radius 2 is 2.05 bits per heavy atom. The normalized spacial score (nSPS) is 17.0. The summed E-state index contributed by atoms with van der Waals surface area (Å²) in [7, 11) is 0. The molecule has 1 aromatic heterocycles. The van der Waals surface area contributed by atoms with E-state index >= 15 is 0 Å². The monoisotopic (exact) mass is 300 g/mol. The van der Waals surface area contributed by atoms with Crippen molar-refractivity contribution in [2.45, 2.75) is 26.3 Å². The molecule has 0 aliphatic carbocycles. The molecule has 0 bridgehead atoms. The van der Waals surface area contributed by atoms with Gasteiger partial charge in [0, 0.05) is 29.2 Å². The number of fused-ring (bicyclic) bond motifs is 1. The number of hydrogen-bond donors (Lipinski definition) is 2. The fourth-order valence-corrected chi connectivity index (χ4v) is 3.08. The van der Waals surface area contributed by atoms with Crippen molar-refractivity contribution in [3.63, 3.8) is 0 Å². The first kappa shape index (κ1) is 14.8. The summed E-state index contributed by atoms with van der Waals surface area (Å²) in [6.07, 6.45) is 1.35. The lowest BCUT2D eigenvalue weighted by molar-refractivity contribution is -0.143. The van der Waals surface area contributed by atoms with Gasteiger partial charge < -0.3 is 10.1 Å². The molecule has 1 aromatic carbocycles. The first-order chi connectivity index (χ1) is 10.5. The van der Waals surface area contributed by atoms with Crippen molar-refractivity contribution in [2.24, 2.45) is 5.92 Å². The van der Waals surface area contributed by atoms with E-state index in [9.17, 15) is 9.59 Å². The number of H-pyrrole nitrogens is 1. The van der Waals surface area contributed by atoms with Crippen molar-refractivity contribution in [3.8, 4) is 0 Å². The van der Waals surface area contributed by atoms with Crippen LogP contribution in [0.1, 0.15) is 24.1 Å². The lowest BCUT2D eigenvalue weighted by Gasteiger charge is -2.29. The van der Waals surface area contributed by atoms with Crippen LogP contribution in [-0.2, 0) is 11.3 Å². The van der Waals surface area contributed by atoms with Crippen LogP contribution in [0.15, 0.2) is 29.1 Å². The zero-order valence-electron chi connectivity index (χ0n) is 12.6. The first-order valence-corrected chi connectivity index (χ1v) is 7.60. The van der Waals surface area contributed by atoms with Gasteiger partial charge in [-0.15, -0.1) is 0 Å². The van der Waals surface area contributed by atoms with Gasteiger partial charge in [0.05, 0.1) is 5.92 Å². The molecule has 0 amide bonds. The number of piperidine rings is 1. The Kier molecular flexibility index (Phi) is 3.98. The molecule has 0 spiro atoms. The maximum atomic E-state index is 12.2. The van der Waals surface area contributed by atoms with E-state index in [1.54, 1.807) is 6.07 Å². The number of carbonyl (C=O) groups is 1. The van der Waals surface area contributed by atoms with E-state index in [4.69, 9.17) is 5.11 Å². The van der Waals surface area contributed by atoms with Gasteiger partial charge in [-0.1, -0.05) is 11.6 Å². The summed E-state index contributed by atoms with van der Waals surface area (Å²) in [6, 6.07) is 7.48. The van der Waals surface area contributed by atoms with E-state index in [2.05, 4.69) is 9.88 Å². The van der Waals surface area contributed by atoms with Gasteiger partial charge in [-0.25, -0.2) is 0 Å². The Morgan fingerprint density at radius 1 is 1.32 bits per heavy atom. The SMILES string of the molecule is Cc1ccc2[nH]c(CN3CCC(C(=O)O)CC3)cc(=O)c2c1. The highest BCUT2D eigenvalue weighted by atomic mass is 16.4. The zero-order valence-corrected chi connectivity index (χ0v) is 12.6. The summed E-state index contributed by atoms with van der Waals surface area (Å²) in [4.78, 5) is 28.7. The number of likely N-dealkylation sites (tertiary alicyclic amines) is 1. The van der Waals surface area contributed by atoms with Crippen LogP contribution in [0.2, 0.25) is 0 Å². The van der Waals surface area contributed by atoms with Gasteiger partial charge in [0.1, 0.15) is 0 Å². The van der Waals surface area contributed by atoms with Gasteiger partial charge in [-0.3, -0.25) is 14.5 Å². The maximum absolute atomic E-state index is 12.2. The quantitative estimate of drug-likeness (QED) is 0.911. The van der Waals surface area contributed by atoms with Crippen molar-refractivity contribution in [1.82, 2.24) is 9.88 Å². The standard InChI is InChI=1S/C17H20N2O3/c1-11-2-3-15-14(8-11)16(20)9-13(18-15)10-19-6-4-12(5-7-19)17(21)22/h2-3,8-9,12H,4-7,10H2,1H3,(H,18,20)(H,21,22). The van der Waals surface area contributed by atoms with Crippen LogP contribution in [0, 0.1) is 12.8 Å². The van der Waals surface area contributed by atoms with E-state index in [0.717, 1.165) is 29.9 Å². The van der Waals surface area contributed by atoms with E-state index in [0.29, 0.717) is 24.8 Å². The topological polar surface area (TPSA) is 73.4 Å². The summed E-state index contributed by atoms with van der Waals surface area (Å²) in [6.45, 7) is 4.14. The van der Waals surface area contributed by atoms with E-state index in [1.807, 2.05) is 25.1 Å². The number of aromatic amines is 1. The third-order valence-corrected chi connectivity index (χ3v) is 4.37. The predicted octanol–water partition coefficient (Wildman–Crippen LogP) is 2.13. The Labute approximate surface area is 128 Å². The summed E-state index contributed by atoms with van der Waals surface area (Å²) in [5.41, 5.74) is 2.85. The largest absolute Gasteiger partial charge is 0.481 e. The smallest absolute Gasteiger partial charge is 0.306 e. The number of carboxylic acid groups (broad SMARTS) is 1. The van der Waals surface area contributed by atoms with Crippen LogP contribution in [0.5, 0.6) is 0 Å². The molecule has 0 atom stereocenters. The van der Waals surface area contributed by atoms with Gasteiger partial charge >= 0.3 is 5.97 Å². The molecule has 2 aromatic rings. The molecule has 0 unspecified atom stereocenters. The highest BCUT2D eigenvalue weighted by Crippen LogP contribution is 2.19. The number of aliphatic carboxylic acids is 1. The average Bonchev–Trinajstić information content (AvgIpc) is 2.49. The Hall–Kier alpha value is -2.14. The number of carboxylic acids is 1. The lowest BCUT2D eigenvalue weighted by atomic mass is 9.97. The summed E-state index contributed by atoms with van der Waals surface area (Å²) >= 11 is 0. The highest BCUT2D eigenvalue weighted by Gasteiger charge is 2.24. The van der Waals surface area contributed by atoms with Crippen LogP contribution in [0.25, 0.3) is 10.9 Å². The fourth-order valence-electron chi connectivity index (χ4n) is 3.08. The zero-order chi connectivity index (χ0) is 15.7. The molecule has 22 heavy (non-hydrogen) atoms. The predicted molar refractivity (Wildman–Crippen MR) is 84.9 cm³/mol. The van der Waals surface area contributed by atoms with Crippen LogP contribution >= 0.6 is 0 Å². The second-order valence-electron chi connectivity index (χ2n) is 6.10. The van der Waals surface area contributed by atoms with E-state index < -0.39 is 5.97 Å². The van der Waals surface area contributed by atoms with E-state index in [-0.39, 0.29) is 11.3 Å². The van der Waals surface area contributed by atoms with Gasteiger partial charge in [0.15, 0.2) is 5.43 Å². The molecule has 5 nitrogen and oxygen atoms in total. The minimum Gasteiger partial charge on any atom is -0.481 e. The summed E-state index contributed by atoms with van der Waals surface area (Å²) < 4.78 is 0. The van der Waals surface area contributed by atoms with Gasteiger partial charge in [-0.2, -0.15) is 0 Å². The number of benzene rings is 1. The molecule has 2 heterocycles. The Balaban J connectivity index is 1.76. The Morgan fingerprint density at radius 3 is 2.73 bits per heavy atom.